The number of benzene rings is 3. The lowest BCUT2D eigenvalue weighted by molar-refractivity contribution is -0.274. The fraction of sp³-hybridized carbons (Fsp3) is 0.333. The van der Waals surface area contributed by atoms with Crippen molar-refractivity contribution in [3.05, 3.63) is 87.9 Å². The van der Waals surface area contributed by atoms with E-state index >= 15 is 0 Å². The van der Waals surface area contributed by atoms with Crippen LogP contribution in [0.3, 0.4) is 0 Å². The van der Waals surface area contributed by atoms with Crippen LogP contribution < -0.4 is 14.2 Å². The second kappa shape index (κ2) is 17.0. The predicted octanol–water partition coefficient (Wildman–Crippen LogP) is 7.02. The molecule has 1 N–H and O–H groups in total. The Morgan fingerprint density at radius 3 is 2.05 bits per heavy atom. The van der Waals surface area contributed by atoms with E-state index in [9.17, 15) is 27.9 Å². The molecule has 1 atom stereocenters. The third-order valence-corrected chi connectivity index (χ3v) is 6.27. The Morgan fingerprint density at radius 2 is 1.45 bits per heavy atom. The molecule has 0 aromatic heterocycles. The smallest absolute Gasteiger partial charge is 0.492 e. The molecule has 14 heteroatoms. The van der Waals surface area contributed by atoms with Gasteiger partial charge >= 0.3 is 18.4 Å². The summed E-state index contributed by atoms with van der Waals surface area (Å²) in [4.78, 5) is 25.6. The van der Waals surface area contributed by atoms with Crippen molar-refractivity contribution in [1.29, 1.82) is 0 Å². The van der Waals surface area contributed by atoms with Crippen LogP contribution in [-0.2, 0) is 27.3 Å². The monoisotopic (exact) mass is 659 g/mol. The third-order valence-electron chi connectivity index (χ3n) is 5.83. The van der Waals surface area contributed by atoms with E-state index in [2.05, 4.69) is 4.74 Å². The second-order valence-corrected chi connectivity index (χ2v) is 10.1. The van der Waals surface area contributed by atoms with Gasteiger partial charge in [-0.05, 0) is 72.6 Å². The van der Waals surface area contributed by atoms with Crippen molar-refractivity contribution in [1.82, 2.24) is 4.90 Å². The molecular formula is C30H30Cl2F3NO8. The average Bonchev–Trinajstić information content (AvgIpc) is 2.94. The van der Waals surface area contributed by atoms with Gasteiger partial charge in [0.05, 0.1) is 19.8 Å². The van der Waals surface area contributed by atoms with Crippen LogP contribution in [0, 0.1) is 0 Å². The lowest BCUT2D eigenvalue weighted by atomic mass is 10.1. The molecule has 0 aliphatic rings. The van der Waals surface area contributed by atoms with Crippen LogP contribution in [-0.4, -0.2) is 67.4 Å². The molecule has 0 aliphatic carbocycles. The zero-order valence-electron chi connectivity index (χ0n) is 23.5. The summed E-state index contributed by atoms with van der Waals surface area (Å²) < 4.78 is 63.2. The first kappa shape index (κ1) is 34.8. The Kier molecular flexibility index (Phi) is 13.4. The van der Waals surface area contributed by atoms with Crippen LogP contribution in [0.2, 0.25) is 10.0 Å². The molecule has 9 nitrogen and oxygen atoms in total. The first-order chi connectivity index (χ1) is 20.9. The number of carbonyl (C=O) groups is 2. The van der Waals surface area contributed by atoms with E-state index in [1.807, 2.05) is 0 Å². The van der Waals surface area contributed by atoms with Gasteiger partial charge < -0.3 is 33.7 Å². The number of carboxylic acids is 1. The Morgan fingerprint density at radius 1 is 0.864 bits per heavy atom. The Balaban J connectivity index is 1.58. The molecule has 0 heterocycles. The Hall–Kier alpha value is -3.71. The summed E-state index contributed by atoms with van der Waals surface area (Å²) in [6, 6.07) is 16.2. The molecule has 44 heavy (non-hydrogen) atoms. The summed E-state index contributed by atoms with van der Waals surface area (Å²) in [6.07, 6.45) is -6.40. The maximum absolute atomic E-state index is 13.0. The SMILES string of the molecule is CCOC(Cc1ccc(OCCN(CCOCc2cc(Cl)cc(Cl)c2)C(=O)Oc2ccc(OC(F)(F)F)cc2)cc1)C(=O)O. The zero-order valence-corrected chi connectivity index (χ0v) is 25.0. The van der Waals surface area contributed by atoms with Gasteiger partial charge in [-0.3, -0.25) is 0 Å². The number of carbonyl (C=O) groups excluding carboxylic acids is 1. The second-order valence-electron chi connectivity index (χ2n) is 9.18. The highest BCUT2D eigenvalue weighted by Crippen LogP contribution is 2.25. The highest BCUT2D eigenvalue weighted by molar-refractivity contribution is 6.34. The topological polar surface area (TPSA) is 104 Å². The van der Waals surface area contributed by atoms with E-state index in [4.69, 9.17) is 42.1 Å². The minimum absolute atomic E-state index is 0.00670. The molecule has 3 aromatic carbocycles. The zero-order chi connectivity index (χ0) is 32.1. The van der Waals surface area contributed by atoms with Crippen LogP contribution in [0.1, 0.15) is 18.1 Å². The molecule has 0 fully saturated rings. The Bertz CT molecular complexity index is 1340. The number of ether oxygens (including phenoxy) is 5. The van der Waals surface area contributed by atoms with Gasteiger partial charge in [-0.25, -0.2) is 9.59 Å². The van der Waals surface area contributed by atoms with Crippen molar-refractivity contribution in [3.63, 3.8) is 0 Å². The number of rotatable bonds is 16. The molecular weight excluding hydrogens is 630 g/mol. The number of carboxylic acid groups (broad SMARTS) is 1. The third kappa shape index (κ3) is 12.5. The fourth-order valence-corrected chi connectivity index (χ4v) is 4.43. The molecule has 3 rings (SSSR count). The van der Waals surface area contributed by atoms with E-state index in [0.29, 0.717) is 15.8 Å². The van der Waals surface area contributed by atoms with Gasteiger partial charge in [0.15, 0.2) is 6.10 Å². The number of aliphatic carboxylic acids is 1. The van der Waals surface area contributed by atoms with Gasteiger partial charge in [-0.2, -0.15) is 0 Å². The molecule has 0 bridgehead atoms. The van der Waals surface area contributed by atoms with Gasteiger partial charge in [0.2, 0.25) is 0 Å². The number of amides is 1. The average molecular weight is 660 g/mol. The van der Waals surface area contributed by atoms with Crippen LogP contribution in [0.5, 0.6) is 17.2 Å². The summed E-state index contributed by atoms with van der Waals surface area (Å²) in [5, 5.41) is 10.2. The first-order valence-electron chi connectivity index (χ1n) is 13.3. The minimum atomic E-state index is -4.85. The predicted molar refractivity (Wildman–Crippen MR) is 156 cm³/mol. The number of hydrogen-bond acceptors (Lipinski definition) is 7. The van der Waals surface area contributed by atoms with Crippen LogP contribution in [0.4, 0.5) is 18.0 Å². The summed E-state index contributed by atoms with van der Waals surface area (Å²) in [7, 11) is 0. The van der Waals surface area contributed by atoms with Crippen molar-refractivity contribution in [2.24, 2.45) is 0 Å². The molecule has 0 spiro atoms. The molecule has 1 amide bonds. The molecule has 0 saturated carbocycles. The van der Waals surface area contributed by atoms with E-state index < -0.39 is 30.3 Å². The molecule has 0 aliphatic heterocycles. The number of hydrogen-bond donors (Lipinski definition) is 1. The fourth-order valence-electron chi connectivity index (χ4n) is 3.86. The molecule has 0 saturated heterocycles. The lowest BCUT2D eigenvalue weighted by Crippen LogP contribution is -2.39. The Labute approximate surface area is 261 Å². The number of halogens is 5. The van der Waals surface area contributed by atoms with Gasteiger partial charge in [-0.15, -0.1) is 13.2 Å². The maximum Gasteiger partial charge on any atom is 0.573 e. The minimum Gasteiger partial charge on any atom is -0.492 e. The van der Waals surface area contributed by atoms with Crippen molar-refractivity contribution in [2.45, 2.75) is 32.4 Å². The maximum atomic E-state index is 13.0. The van der Waals surface area contributed by atoms with Crippen LogP contribution >= 0.6 is 23.2 Å². The summed E-state index contributed by atoms with van der Waals surface area (Å²) in [5.74, 6) is -1.02. The molecule has 3 aromatic rings. The number of alkyl halides is 3. The highest BCUT2D eigenvalue weighted by Gasteiger charge is 2.31. The van der Waals surface area contributed by atoms with Gasteiger partial charge in [-0.1, -0.05) is 35.3 Å². The van der Waals surface area contributed by atoms with Crippen molar-refractivity contribution < 1.29 is 51.6 Å². The normalized spacial score (nSPS) is 12.0. The van der Waals surface area contributed by atoms with Gasteiger partial charge in [0.1, 0.15) is 23.9 Å². The highest BCUT2D eigenvalue weighted by atomic mass is 35.5. The summed E-state index contributed by atoms with van der Waals surface area (Å²) >= 11 is 12.0. The molecule has 1 unspecified atom stereocenters. The largest absolute Gasteiger partial charge is 0.573 e. The van der Waals surface area contributed by atoms with Gasteiger partial charge in [0.25, 0.3) is 0 Å². The summed E-state index contributed by atoms with van der Waals surface area (Å²) in [5.41, 5.74) is 1.48. The van der Waals surface area contributed by atoms with E-state index in [1.54, 1.807) is 49.4 Å². The first-order valence-corrected chi connectivity index (χ1v) is 14.1. The van der Waals surface area contributed by atoms with Crippen molar-refractivity contribution in [3.8, 4) is 17.2 Å². The quantitative estimate of drug-likeness (QED) is 0.164. The standard InChI is InChI=1S/C30H30Cl2F3NO8/c1-2-41-27(28(37)38)17-20-3-5-24(6-4-20)42-14-12-36(11-13-40-19-21-15-22(31)18-23(32)16-21)29(39)43-25-7-9-26(10-8-25)44-30(33,34)35/h3-10,15-16,18,27H,2,11-14,17,19H2,1H3,(H,37,38). The van der Waals surface area contributed by atoms with Crippen molar-refractivity contribution >= 4 is 35.3 Å². The van der Waals surface area contributed by atoms with E-state index in [-0.39, 0.29) is 51.7 Å². The number of nitrogens with zero attached hydrogens (tertiary/aromatic N) is 1. The molecule has 0 radical (unpaired) electrons. The van der Waals surface area contributed by atoms with E-state index in [1.165, 1.54) is 17.0 Å². The van der Waals surface area contributed by atoms with Crippen LogP contribution in [0.15, 0.2) is 66.7 Å². The van der Waals surface area contributed by atoms with Crippen molar-refractivity contribution in [2.75, 3.05) is 32.9 Å². The van der Waals surface area contributed by atoms with E-state index in [0.717, 1.165) is 23.3 Å². The summed E-state index contributed by atoms with van der Waals surface area (Å²) in [6.45, 7) is 2.51. The molecule has 238 valence electrons. The van der Waals surface area contributed by atoms with Crippen LogP contribution in [0.25, 0.3) is 0 Å². The van der Waals surface area contributed by atoms with Gasteiger partial charge in [0, 0.05) is 29.6 Å². The lowest BCUT2D eigenvalue weighted by Gasteiger charge is -2.22.